The number of nitrogens with zero attached hydrogens (tertiary/aromatic N) is 3. The van der Waals surface area contributed by atoms with E-state index < -0.39 is 17.3 Å². The SMILES string of the molecule is O=C(Nc1nccs1)[C@H](CC1CCCCC1)N1CCN(S(=O)[O-])CC1=O. The summed E-state index contributed by atoms with van der Waals surface area (Å²) in [5, 5.41) is 5.09. The molecule has 0 bridgehead atoms. The molecule has 1 aromatic heterocycles. The van der Waals surface area contributed by atoms with E-state index in [9.17, 15) is 18.4 Å². The van der Waals surface area contributed by atoms with Gasteiger partial charge in [-0.25, -0.2) is 9.29 Å². The van der Waals surface area contributed by atoms with Crippen molar-refractivity contribution in [2.24, 2.45) is 5.92 Å². The molecule has 26 heavy (non-hydrogen) atoms. The van der Waals surface area contributed by atoms with E-state index in [-0.39, 0.29) is 31.4 Å². The first-order valence-corrected chi connectivity index (χ1v) is 10.8. The smallest absolute Gasteiger partial charge is 0.248 e. The van der Waals surface area contributed by atoms with Crippen molar-refractivity contribution in [2.45, 2.75) is 44.6 Å². The second-order valence-corrected chi connectivity index (χ2v) is 8.60. The summed E-state index contributed by atoms with van der Waals surface area (Å²) in [5.41, 5.74) is 0. The molecule has 1 saturated carbocycles. The number of carbonyl (C=O) groups excluding carboxylic acids is 2. The molecule has 1 N–H and O–H groups in total. The van der Waals surface area contributed by atoms with Crippen molar-refractivity contribution in [3.05, 3.63) is 11.6 Å². The van der Waals surface area contributed by atoms with Crippen molar-refractivity contribution in [1.82, 2.24) is 14.2 Å². The van der Waals surface area contributed by atoms with Gasteiger partial charge in [0.05, 0.1) is 6.54 Å². The lowest BCUT2D eigenvalue weighted by molar-refractivity contribution is -0.142. The number of carbonyl (C=O) groups is 2. The minimum Gasteiger partial charge on any atom is -0.760 e. The summed E-state index contributed by atoms with van der Waals surface area (Å²) in [7, 11) is 0. The van der Waals surface area contributed by atoms with E-state index >= 15 is 0 Å². The summed E-state index contributed by atoms with van der Waals surface area (Å²) in [6.07, 6.45) is 7.90. The maximum absolute atomic E-state index is 12.9. The lowest BCUT2D eigenvalue weighted by Gasteiger charge is -2.40. The van der Waals surface area contributed by atoms with Crippen molar-refractivity contribution < 1.29 is 18.4 Å². The number of hydrogen-bond acceptors (Lipinski definition) is 6. The number of nitrogens with one attached hydrogen (secondary N) is 1. The molecule has 3 rings (SSSR count). The highest BCUT2D eigenvalue weighted by Gasteiger charge is 2.36. The summed E-state index contributed by atoms with van der Waals surface area (Å²) >= 11 is -1.09. The van der Waals surface area contributed by atoms with Crippen LogP contribution in [0.1, 0.15) is 38.5 Å². The summed E-state index contributed by atoms with van der Waals surface area (Å²) in [4.78, 5) is 31.0. The summed E-state index contributed by atoms with van der Waals surface area (Å²) < 4.78 is 23.3. The Morgan fingerprint density at radius 3 is 2.77 bits per heavy atom. The molecule has 2 heterocycles. The second-order valence-electron chi connectivity index (χ2n) is 6.75. The Morgan fingerprint density at radius 2 is 2.15 bits per heavy atom. The van der Waals surface area contributed by atoms with Gasteiger partial charge in [-0.2, -0.15) is 0 Å². The minimum absolute atomic E-state index is 0.207. The molecule has 10 heteroatoms. The maximum atomic E-state index is 12.9. The molecule has 1 aliphatic heterocycles. The molecule has 8 nitrogen and oxygen atoms in total. The zero-order valence-electron chi connectivity index (χ0n) is 14.5. The molecule has 1 aliphatic carbocycles. The van der Waals surface area contributed by atoms with Gasteiger partial charge in [0, 0.05) is 35.9 Å². The van der Waals surface area contributed by atoms with Crippen molar-refractivity contribution >= 4 is 39.5 Å². The van der Waals surface area contributed by atoms with Crippen molar-refractivity contribution in [1.29, 1.82) is 0 Å². The van der Waals surface area contributed by atoms with Crippen LogP contribution in [0.3, 0.4) is 0 Å². The molecule has 144 valence electrons. The average molecular weight is 400 g/mol. The van der Waals surface area contributed by atoms with Gasteiger partial charge in [0.1, 0.15) is 6.04 Å². The van der Waals surface area contributed by atoms with Crippen LogP contribution in [0, 0.1) is 5.92 Å². The Balaban J connectivity index is 1.72. The number of amides is 2. The fourth-order valence-electron chi connectivity index (χ4n) is 3.71. The van der Waals surface area contributed by atoms with E-state index in [1.54, 1.807) is 16.5 Å². The normalized spacial score (nSPS) is 22.2. The van der Waals surface area contributed by atoms with Gasteiger partial charge in [0.2, 0.25) is 11.8 Å². The zero-order valence-corrected chi connectivity index (χ0v) is 16.1. The van der Waals surface area contributed by atoms with Gasteiger partial charge in [0.15, 0.2) is 5.13 Å². The molecular formula is C16H23N4O4S2-. The number of hydrogen-bond donors (Lipinski definition) is 1. The van der Waals surface area contributed by atoms with E-state index in [0.717, 1.165) is 30.0 Å². The van der Waals surface area contributed by atoms with Gasteiger partial charge in [-0.1, -0.05) is 32.1 Å². The first-order chi connectivity index (χ1) is 12.5. The van der Waals surface area contributed by atoms with Gasteiger partial charge in [-0.15, -0.1) is 11.3 Å². The summed E-state index contributed by atoms with van der Waals surface area (Å²) in [6, 6.07) is -0.586. The highest BCUT2D eigenvalue weighted by atomic mass is 32.2. The van der Waals surface area contributed by atoms with Crippen LogP contribution in [0.5, 0.6) is 0 Å². The quantitative estimate of drug-likeness (QED) is 0.727. The van der Waals surface area contributed by atoms with Crippen LogP contribution in [0.2, 0.25) is 0 Å². The Bertz CT molecular complexity index is 649. The Morgan fingerprint density at radius 1 is 1.38 bits per heavy atom. The fraction of sp³-hybridized carbons (Fsp3) is 0.688. The minimum atomic E-state index is -2.42. The van der Waals surface area contributed by atoms with Gasteiger partial charge in [0.25, 0.3) is 0 Å². The number of anilines is 1. The molecule has 1 aromatic rings. The van der Waals surface area contributed by atoms with Crippen LogP contribution in [0.4, 0.5) is 5.13 Å². The zero-order chi connectivity index (χ0) is 18.5. The number of piperazine rings is 1. The Labute approximate surface area is 159 Å². The monoisotopic (exact) mass is 399 g/mol. The fourth-order valence-corrected chi connectivity index (χ4v) is 4.69. The standard InChI is InChI=1S/C16H24N4O4S2/c21-14-11-19(26(23)24)7-8-20(14)13(10-12-4-2-1-3-5-12)15(22)18-16-17-6-9-25-16/h6,9,12-13H,1-5,7-8,10-11H2,(H,23,24)(H,17,18,22)/p-1/t13-/m0/s1. The third kappa shape index (κ3) is 4.87. The van der Waals surface area contributed by atoms with E-state index in [1.807, 2.05) is 0 Å². The van der Waals surface area contributed by atoms with Crippen LogP contribution in [0.15, 0.2) is 11.6 Å². The maximum Gasteiger partial charge on any atom is 0.248 e. The summed E-state index contributed by atoms with van der Waals surface area (Å²) in [6.45, 7) is 0.241. The molecule has 0 spiro atoms. The second kappa shape index (κ2) is 9.03. The van der Waals surface area contributed by atoms with Crippen molar-refractivity contribution in [3.63, 3.8) is 0 Å². The van der Waals surface area contributed by atoms with Crippen LogP contribution in [-0.2, 0) is 20.9 Å². The highest BCUT2D eigenvalue weighted by molar-refractivity contribution is 7.76. The van der Waals surface area contributed by atoms with Crippen LogP contribution in [-0.4, -0.2) is 60.4 Å². The molecule has 2 fully saturated rings. The first-order valence-electron chi connectivity index (χ1n) is 8.88. The number of thiazole rings is 1. The van der Waals surface area contributed by atoms with Crippen LogP contribution < -0.4 is 5.32 Å². The van der Waals surface area contributed by atoms with Gasteiger partial charge < -0.3 is 14.8 Å². The van der Waals surface area contributed by atoms with Gasteiger partial charge >= 0.3 is 0 Å². The molecule has 1 saturated heterocycles. The summed E-state index contributed by atoms with van der Waals surface area (Å²) in [5.74, 6) is -0.151. The molecule has 2 amide bonds. The lowest BCUT2D eigenvalue weighted by Crippen LogP contribution is -2.57. The molecule has 2 aliphatic rings. The Kier molecular flexibility index (Phi) is 6.74. The first kappa shape index (κ1) is 19.4. The largest absolute Gasteiger partial charge is 0.760 e. The van der Waals surface area contributed by atoms with E-state index in [4.69, 9.17) is 0 Å². The average Bonchev–Trinajstić information content (AvgIpc) is 3.13. The molecule has 0 aromatic carbocycles. The van der Waals surface area contributed by atoms with Crippen LogP contribution >= 0.6 is 11.3 Å². The molecule has 2 atom stereocenters. The number of rotatable bonds is 6. The van der Waals surface area contributed by atoms with E-state index in [2.05, 4.69) is 10.3 Å². The van der Waals surface area contributed by atoms with E-state index in [1.165, 1.54) is 17.8 Å². The van der Waals surface area contributed by atoms with E-state index in [0.29, 0.717) is 17.5 Å². The van der Waals surface area contributed by atoms with Gasteiger partial charge in [-0.05, 0) is 12.3 Å². The third-order valence-electron chi connectivity index (χ3n) is 5.06. The van der Waals surface area contributed by atoms with Crippen LogP contribution in [0.25, 0.3) is 0 Å². The van der Waals surface area contributed by atoms with Gasteiger partial charge in [-0.3, -0.25) is 13.8 Å². The third-order valence-corrected chi connectivity index (χ3v) is 6.48. The topological polar surface area (TPSA) is 106 Å². The number of aromatic nitrogens is 1. The molecule has 1 unspecified atom stereocenters. The van der Waals surface area contributed by atoms with Crippen molar-refractivity contribution in [2.75, 3.05) is 25.0 Å². The predicted molar refractivity (Wildman–Crippen MR) is 97.9 cm³/mol. The van der Waals surface area contributed by atoms with Crippen molar-refractivity contribution in [3.8, 4) is 0 Å². The lowest BCUT2D eigenvalue weighted by atomic mass is 9.84. The Hall–Kier alpha value is -1.36. The molecular weight excluding hydrogens is 376 g/mol. The predicted octanol–water partition coefficient (Wildman–Crippen LogP) is 1.36. The highest BCUT2D eigenvalue weighted by Crippen LogP contribution is 2.29. The molecule has 0 radical (unpaired) electrons.